The van der Waals surface area contributed by atoms with E-state index in [0.717, 1.165) is 51.4 Å². The molecule has 3 rings (SSSR count). The zero-order chi connectivity index (χ0) is 13.8. The summed E-state index contributed by atoms with van der Waals surface area (Å²) in [6.45, 7) is 5.68. The Morgan fingerprint density at radius 2 is 2.25 bits per heavy atom. The molecule has 0 N–H and O–H groups in total. The van der Waals surface area contributed by atoms with Crippen molar-refractivity contribution in [2.24, 2.45) is 0 Å². The minimum Gasteiger partial charge on any atom is -0.383 e. The fourth-order valence-corrected chi connectivity index (χ4v) is 2.68. The number of rotatable bonds is 5. The highest BCUT2D eigenvalue weighted by Crippen LogP contribution is 2.17. The topological polar surface area (TPSA) is 48.1 Å². The molecule has 6 heteroatoms. The van der Waals surface area contributed by atoms with Gasteiger partial charge >= 0.3 is 0 Å². The van der Waals surface area contributed by atoms with Crippen LogP contribution in [0.4, 0.5) is 0 Å². The van der Waals surface area contributed by atoms with Crippen molar-refractivity contribution in [3.8, 4) is 0 Å². The van der Waals surface area contributed by atoms with Crippen LogP contribution in [0.3, 0.4) is 0 Å². The molecule has 0 aromatic carbocycles. The van der Waals surface area contributed by atoms with E-state index in [-0.39, 0.29) is 0 Å². The third-order valence-electron chi connectivity index (χ3n) is 3.78. The number of hydrogen-bond acceptors (Lipinski definition) is 4. The fraction of sp³-hybridized carbons (Fsp3) is 0.571. The summed E-state index contributed by atoms with van der Waals surface area (Å²) < 4.78 is 9.55. The molecular weight excluding hydrogens is 254 g/mol. The Kier molecular flexibility index (Phi) is 4.13. The molecule has 0 saturated carbocycles. The minimum absolute atomic E-state index is 0.783. The Bertz CT molecular complexity index is 534. The number of ether oxygens (including phenoxy) is 1. The Morgan fingerprint density at radius 1 is 1.30 bits per heavy atom. The summed E-state index contributed by atoms with van der Waals surface area (Å²) >= 11 is 0. The molecule has 3 heterocycles. The molecule has 20 heavy (non-hydrogen) atoms. The van der Waals surface area contributed by atoms with Crippen LogP contribution in [0.15, 0.2) is 25.0 Å². The number of aromatic nitrogens is 4. The average molecular weight is 275 g/mol. The van der Waals surface area contributed by atoms with Crippen LogP contribution in [0.2, 0.25) is 0 Å². The lowest BCUT2D eigenvalue weighted by atomic mass is 10.3. The molecule has 0 aliphatic carbocycles. The van der Waals surface area contributed by atoms with Crippen LogP contribution < -0.4 is 0 Å². The van der Waals surface area contributed by atoms with Crippen molar-refractivity contribution < 1.29 is 4.74 Å². The van der Waals surface area contributed by atoms with Gasteiger partial charge in [-0.25, -0.2) is 9.97 Å². The second-order valence-electron chi connectivity index (χ2n) is 5.19. The van der Waals surface area contributed by atoms with Gasteiger partial charge in [0.2, 0.25) is 0 Å². The van der Waals surface area contributed by atoms with Crippen LogP contribution in [0.1, 0.15) is 17.8 Å². The van der Waals surface area contributed by atoms with E-state index in [1.54, 1.807) is 13.3 Å². The SMILES string of the molecule is COCCN1CCCn2cnc(Cn3ccnc3)c2C1. The van der Waals surface area contributed by atoms with Crippen LogP contribution in [0.5, 0.6) is 0 Å². The molecule has 1 aliphatic rings. The van der Waals surface area contributed by atoms with Crippen molar-refractivity contribution in [1.29, 1.82) is 0 Å². The second-order valence-corrected chi connectivity index (χ2v) is 5.19. The van der Waals surface area contributed by atoms with Crippen molar-refractivity contribution in [1.82, 2.24) is 24.0 Å². The van der Waals surface area contributed by atoms with Crippen LogP contribution in [0.25, 0.3) is 0 Å². The zero-order valence-corrected chi connectivity index (χ0v) is 11.9. The highest BCUT2D eigenvalue weighted by atomic mass is 16.5. The van der Waals surface area contributed by atoms with Gasteiger partial charge in [0.05, 0.1) is 37.2 Å². The second kappa shape index (κ2) is 6.19. The lowest BCUT2D eigenvalue weighted by Gasteiger charge is -2.19. The average Bonchev–Trinajstić information content (AvgIpc) is 3.04. The standard InChI is InChI=1S/C14H21N5O/c1-20-8-7-17-4-2-5-19-12-16-13(14(19)10-17)9-18-6-3-15-11-18/h3,6,11-12H,2,4-5,7-10H2,1H3. The smallest absolute Gasteiger partial charge is 0.0952 e. The van der Waals surface area contributed by atoms with E-state index in [4.69, 9.17) is 4.74 Å². The van der Waals surface area contributed by atoms with Gasteiger partial charge in [0.1, 0.15) is 0 Å². The van der Waals surface area contributed by atoms with Crippen LogP contribution in [-0.4, -0.2) is 50.8 Å². The minimum atomic E-state index is 0.783. The number of fused-ring (bicyclic) bond motifs is 1. The summed E-state index contributed by atoms with van der Waals surface area (Å²) in [6.07, 6.45) is 8.76. The largest absolute Gasteiger partial charge is 0.383 e. The van der Waals surface area contributed by atoms with Gasteiger partial charge in [-0.1, -0.05) is 0 Å². The fourth-order valence-electron chi connectivity index (χ4n) is 2.68. The summed E-state index contributed by atoms with van der Waals surface area (Å²) in [6, 6.07) is 0. The Labute approximate surface area is 119 Å². The molecule has 0 saturated heterocycles. The lowest BCUT2D eigenvalue weighted by Crippen LogP contribution is -2.27. The maximum absolute atomic E-state index is 5.19. The quantitative estimate of drug-likeness (QED) is 0.816. The maximum Gasteiger partial charge on any atom is 0.0952 e. The third-order valence-corrected chi connectivity index (χ3v) is 3.78. The molecule has 0 fully saturated rings. The third kappa shape index (κ3) is 2.91. The first kappa shape index (κ1) is 13.3. The predicted octanol–water partition coefficient (Wildman–Crippen LogP) is 0.980. The molecule has 2 aromatic rings. The monoisotopic (exact) mass is 275 g/mol. The zero-order valence-electron chi connectivity index (χ0n) is 11.9. The van der Waals surface area contributed by atoms with E-state index in [1.165, 1.54) is 5.69 Å². The summed E-state index contributed by atoms with van der Waals surface area (Å²) in [5.74, 6) is 0. The van der Waals surface area contributed by atoms with Gasteiger partial charge in [-0.15, -0.1) is 0 Å². The Balaban J connectivity index is 1.76. The van der Waals surface area contributed by atoms with Gasteiger partial charge in [-0.05, 0) is 6.42 Å². The van der Waals surface area contributed by atoms with Gasteiger partial charge in [-0.2, -0.15) is 0 Å². The summed E-state index contributed by atoms with van der Waals surface area (Å²) in [7, 11) is 1.76. The highest BCUT2D eigenvalue weighted by Gasteiger charge is 2.18. The highest BCUT2D eigenvalue weighted by molar-refractivity contribution is 5.15. The molecular formula is C14H21N5O. The van der Waals surface area contributed by atoms with Crippen molar-refractivity contribution in [2.75, 3.05) is 26.8 Å². The lowest BCUT2D eigenvalue weighted by molar-refractivity contribution is 0.145. The van der Waals surface area contributed by atoms with Gasteiger partial charge in [0.15, 0.2) is 0 Å². The van der Waals surface area contributed by atoms with Crippen LogP contribution in [-0.2, 0) is 24.4 Å². The number of nitrogens with zero attached hydrogens (tertiary/aromatic N) is 5. The van der Waals surface area contributed by atoms with Crippen LogP contribution >= 0.6 is 0 Å². The molecule has 0 unspecified atom stereocenters. The summed E-state index contributed by atoms with van der Waals surface area (Å²) in [5.41, 5.74) is 2.47. The molecule has 0 bridgehead atoms. The van der Waals surface area contributed by atoms with Crippen molar-refractivity contribution in [3.63, 3.8) is 0 Å². The van der Waals surface area contributed by atoms with Crippen molar-refractivity contribution in [2.45, 2.75) is 26.1 Å². The van der Waals surface area contributed by atoms with E-state index < -0.39 is 0 Å². The van der Waals surface area contributed by atoms with Gasteiger partial charge in [0, 0.05) is 45.7 Å². The molecule has 6 nitrogen and oxygen atoms in total. The van der Waals surface area contributed by atoms with Gasteiger partial charge in [0.25, 0.3) is 0 Å². The van der Waals surface area contributed by atoms with Crippen molar-refractivity contribution >= 4 is 0 Å². The molecule has 1 aliphatic heterocycles. The molecule has 0 spiro atoms. The molecule has 108 valence electrons. The van der Waals surface area contributed by atoms with Gasteiger partial charge in [-0.3, -0.25) is 4.90 Å². The van der Waals surface area contributed by atoms with Crippen molar-refractivity contribution in [3.05, 3.63) is 36.4 Å². The summed E-state index contributed by atoms with van der Waals surface area (Å²) in [5, 5.41) is 0. The number of aryl methyl sites for hydroxylation is 1. The van der Waals surface area contributed by atoms with Gasteiger partial charge < -0.3 is 13.9 Å². The molecule has 0 radical (unpaired) electrons. The Hall–Kier alpha value is -1.66. The molecule has 0 amide bonds. The maximum atomic E-state index is 5.19. The van der Waals surface area contributed by atoms with Crippen LogP contribution in [0, 0.1) is 0 Å². The Morgan fingerprint density at radius 3 is 3.05 bits per heavy atom. The molecule has 0 atom stereocenters. The van der Waals surface area contributed by atoms with E-state index in [0.29, 0.717) is 0 Å². The van der Waals surface area contributed by atoms with E-state index in [2.05, 4.69) is 24.0 Å². The first-order valence-corrected chi connectivity index (χ1v) is 7.06. The number of hydrogen-bond donors (Lipinski definition) is 0. The van der Waals surface area contributed by atoms with E-state index in [9.17, 15) is 0 Å². The number of imidazole rings is 2. The van der Waals surface area contributed by atoms with E-state index >= 15 is 0 Å². The predicted molar refractivity (Wildman–Crippen MR) is 75.3 cm³/mol. The first-order chi connectivity index (χ1) is 9.86. The number of methoxy groups -OCH3 is 1. The summed E-state index contributed by atoms with van der Waals surface area (Å²) in [4.78, 5) is 11.1. The normalized spacial score (nSPS) is 16.1. The first-order valence-electron chi connectivity index (χ1n) is 7.06. The van der Waals surface area contributed by atoms with E-state index in [1.807, 2.05) is 18.9 Å². The molecule has 2 aromatic heterocycles.